The first-order valence-corrected chi connectivity index (χ1v) is 6.47. The lowest BCUT2D eigenvalue weighted by Crippen LogP contribution is -2.01. The van der Waals surface area contributed by atoms with E-state index in [0.717, 1.165) is 10.2 Å². The molecule has 90 valence electrons. The molecule has 0 aromatic heterocycles. The average molecular weight is 301 g/mol. The van der Waals surface area contributed by atoms with E-state index >= 15 is 0 Å². The number of hydrogen-bond acceptors (Lipinski definition) is 2. The second-order valence-electron chi connectivity index (χ2n) is 4.14. The van der Waals surface area contributed by atoms with E-state index in [1.165, 1.54) is 11.1 Å². The number of nitrogens with one attached hydrogen (secondary N) is 1. The van der Waals surface area contributed by atoms with Crippen LogP contribution in [0.4, 0.5) is 5.69 Å². The van der Waals surface area contributed by atoms with Gasteiger partial charge in [0, 0.05) is 11.0 Å². The van der Waals surface area contributed by atoms with E-state index in [4.69, 9.17) is 5.26 Å². The van der Waals surface area contributed by atoms with Crippen molar-refractivity contribution in [1.82, 2.24) is 0 Å². The van der Waals surface area contributed by atoms with Crippen LogP contribution >= 0.6 is 15.9 Å². The number of hydrogen-bond donors (Lipinski definition) is 1. The van der Waals surface area contributed by atoms with E-state index in [9.17, 15) is 0 Å². The van der Waals surface area contributed by atoms with Crippen LogP contribution in [0.25, 0.3) is 0 Å². The molecule has 0 aliphatic carbocycles. The van der Waals surface area contributed by atoms with Crippen molar-refractivity contribution >= 4 is 21.6 Å². The average Bonchev–Trinajstić information content (AvgIpc) is 2.37. The molecule has 0 radical (unpaired) electrons. The molecule has 0 aliphatic heterocycles. The van der Waals surface area contributed by atoms with Crippen LogP contribution in [0.1, 0.15) is 16.7 Å². The van der Waals surface area contributed by atoms with Crippen LogP contribution in [0.3, 0.4) is 0 Å². The molecular formula is C15H13BrN2. The Morgan fingerprint density at radius 2 is 2.06 bits per heavy atom. The summed E-state index contributed by atoms with van der Waals surface area (Å²) >= 11 is 3.41. The fourth-order valence-corrected chi connectivity index (χ4v) is 2.14. The van der Waals surface area contributed by atoms with E-state index in [2.05, 4.69) is 52.4 Å². The van der Waals surface area contributed by atoms with Crippen molar-refractivity contribution in [2.24, 2.45) is 0 Å². The molecule has 0 spiro atoms. The van der Waals surface area contributed by atoms with E-state index in [1.54, 1.807) is 0 Å². The van der Waals surface area contributed by atoms with E-state index < -0.39 is 0 Å². The zero-order valence-electron chi connectivity index (χ0n) is 10.1. The van der Waals surface area contributed by atoms with Crippen molar-refractivity contribution in [2.75, 3.05) is 5.32 Å². The van der Waals surface area contributed by atoms with Crippen LogP contribution in [0, 0.1) is 18.3 Å². The predicted molar refractivity (Wildman–Crippen MR) is 77.4 cm³/mol. The fraction of sp³-hybridized carbons (Fsp3) is 0.133. The van der Waals surface area contributed by atoms with Crippen molar-refractivity contribution in [2.45, 2.75) is 13.5 Å². The summed E-state index contributed by atoms with van der Waals surface area (Å²) in [6.45, 7) is 2.79. The molecule has 0 saturated carbocycles. The summed E-state index contributed by atoms with van der Waals surface area (Å²) in [5, 5.41) is 12.3. The Morgan fingerprint density at radius 1 is 1.22 bits per heavy atom. The minimum absolute atomic E-state index is 0.658. The van der Waals surface area contributed by atoms with Crippen molar-refractivity contribution in [3.05, 3.63) is 63.6 Å². The molecule has 2 aromatic rings. The number of nitriles is 1. The molecule has 18 heavy (non-hydrogen) atoms. The van der Waals surface area contributed by atoms with E-state index in [-0.39, 0.29) is 0 Å². The normalized spacial score (nSPS) is 9.83. The van der Waals surface area contributed by atoms with Gasteiger partial charge in [-0.25, -0.2) is 0 Å². The molecule has 2 aromatic carbocycles. The lowest BCUT2D eigenvalue weighted by molar-refractivity contribution is 1.14. The molecule has 2 nitrogen and oxygen atoms in total. The van der Waals surface area contributed by atoms with Crippen molar-refractivity contribution in [1.29, 1.82) is 5.26 Å². The second-order valence-corrected chi connectivity index (χ2v) is 5.06. The third-order valence-electron chi connectivity index (χ3n) is 2.67. The lowest BCUT2D eigenvalue weighted by Gasteiger charge is -2.09. The fourth-order valence-electron chi connectivity index (χ4n) is 1.78. The van der Waals surface area contributed by atoms with Crippen LogP contribution in [-0.4, -0.2) is 0 Å². The molecule has 0 unspecified atom stereocenters. The van der Waals surface area contributed by atoms with Crippen molar-refractivity contribution < 1.29 is 0 Å². The Morgan fingerprint density at radius 3 is 2.78 bits per heavy atom. The Kier molecular flexibility index (Phi) is 4.01. The Bertz CT molecular complexity index is 600. The molecular weight excluding hydrogens is 288 g/mol. The third-order valence-corrected chi connectivity index (χ3v) is 3.16. The van der Waals surface area contributed by atoms with E-state index in [0.29, 0.717) is 12.1 Å². The molecule has 0 saturated heterocycles. The van der Waals surface area contributed by atoms with Gasteiger partial charge in [0.2, 0.25) is 0 Å². The summed E-state index contributed by atoms with van der Waals surface area (Å²) in [5.74, 6) is 0. The van der Waals surface area contributed by atoms with Crippen molar-refractivity contribution in [3.63, 3.8) is 0 Å². The first-order chi connectivity index (χ1) is 8.69. The van der Waals surface area contributed by atoms with Gasteiger partial charge in [-0.3, -0.25) is 0 Å². The summed E-state index contributed by atoms with van der Waals surface area (Å²) in [7, 11) is 0. The Hall–Kier alpha value is -1.79. The van der Waals surface area contributed by atoms with E-state index in [1.807, 2.05) is 24.3 Å². The van der Waals surface area contributed by atoms with Gasteiger partial charge in [0.1, 0.15) is 6.07 Å². The Balaban J connectivity index is 2.15. The number of benzene rings is 2. The molecule has 0 atom stereocenters. The van der Waals surface area contributed by atoms with Gasteiger partial charge in [0.25, 0.3) is 0 Å². The van der Waals surface area contributed by atoms with Crippen LogP contribution in [0.15, 0.2) is 46.9 Å². The highest BCUT2D eigenvalue weighted by molar-refractivity contribution is 9.10. The number of halogens is 1. The maximum Gasteiger partial charge on any atom is 0.101 e. The number of nitrogens with zero attached hydrogens (tertiary/aromatic N) is 1. The first kappa shape index (κ1) is 12.7. The summed E-state index contributed by atoms with van der Waals surface area (Å²) in [4.78, 5) is 0. The van der Waals surface area contributed by atoms with Crippen LogP contribution in [-0.2, 0) is 6.54 Å². The highest BCUT2D eigenvalue weighted by Crippen LogP contribution is 2.21. The minimum Gasteiger partial charge on any atom is -0.380 e. The van der Waals surface area contributed by atoms with Crippen LogP contribution in [0.5, 0.6) is 0 Å². The zero-order valence-corrected chi connectivity index (χ0v) is 11.7. The van der Waals surface area contributed by atoms with Gasteiger partial charge in [0.05, 0.1) is 11.3 Å². The van der Waals surface area contributed by atoms with Gasteiger partial charge in [-0.15, -0.1) is 0 Å². The van der Waals surface area contributed by atoms with Crippen LogP contribution < -0.4 is 5.32 Å². The maximum atomic E-state index is 9.05. The van der Waals surface area contributed by atoms with Gasteiger partial charge in [0.15, 0.2) is 0 Å². The number of anilines is 1. The monoisotopic (exact) mass is 300 g/mol. The summed E-state index contributed by atoms with van der Waals surface area (Å²) in [6, 6.07) is 16.1. The number of rotatable bonds is 3. The predicted octanol–water partition coefficient (Wildman–Crippen LogP) is 4.24. The molecule has 1 N–H and O–H groups in total. The molecule has 0 heterocycles. The molecule has 0 amide bonds. The third kappa shape index (κ3) is 3.12. The van der Waals surface area contributed by atoms with Gasteiger partial charge in [-0.05, 0) is 30.7 Å². The zero-order chi connectivity index (χ0) is 13.0. The molecule has 0 bridgehead atoms. The molecule has 2 rings (SSSR count). The number of aryl methyl sites for hydroxylation is 1. The highest BCUT2D eigenvalue weighted by Gasteiger charge is 2.02. The largest absolute Gasteiger partial charge is 0.380 e. The summed E-state index contributed by atoms with van der Waals surface area (Å²) < 4.78 is 0.966. The molecule has 3 heteroatoms. The summed E-state index contributed by atoms with van der Waals surface area (Å²) in [6.07, 6.45) is 0. The van der Waals surface area contributed by atoms with Gasteiger partial charge < -0.3 is 5.32 Å². The quantitative estimate of drug-likeness (QED) is 0.920. The SMILES string of the molecule is Cc1cccc(CNc2cc(Br)ccc2C#N)c1. The van der Waals surface area contributed by atoms with Gasteiger partial charge >= 0.3 is 0 Å². The van der Waals surface area contributed by atoms with Crippen molar-refractivity contribution in [3.8, 4) is 6.07 Å². The van der Waals surface area contributed by atoms with Crippen LogP contribution in [0.2, 0.25) is 0 Å². The Labute approximate surface area is 115 Å². The minimum atomic E-state index is 0.658. The highest BCUT2D eigenvalue weighted by atomic mass is 79.9. The topological polar surface area (TPSA) is 35.8 Å². The van der Waals surface area contributed by atoms with Gasteiger partial charge in [-0.2, -0.15) is 5.26 Å². The first-order valence-electron chi connectivity index (χ1n) is 5.68. The molecule has 0 aliphatic rings. The molecule has 0 fully saturated rings. The summed E-state index contributed by atoms with van der Waals surface area (Å²) in [5.41, 5.74) is 3.96. The second kappa shape index (κ2) is 5.70. The smallest absolute Gasteiger partial charge is 0.101 e. The maximum absolute atomic E-state index is 9.05. The standard InChI is InChI=1S/C15H13BrN2/c1-11-3-2-4-12(7-11)10-18-15-8-14(16)6-5-13(15)9-17/h2-8,18H,10H2,1H3. The van der Waals surface area contributed by atoms with Gasteiger partial charge in [-0.1, -0.05) is 45.8 Å². The lowest BCUT2D eigenvalue weighted by atomic mass is 10.1.